The van der Waals surface area contributed by atoms with Gasteiger partial charge in [0.25, 0.3) is 0 Å². The second-order valence-corrected chi connectivity index (χ2v) is 8.51. The van der Waals surface area contributed by atoms with Crippen LogP contribution in [0.5, 0.6) is 5.75 Å². The minimum Gasteiger partial charge on any atom is -0.497 e. The number of aryl methyl sites for hydroxylation is 1. The highest BCUT2D eigenvalue weighted by Gasteiger charge is 2.29. The van der Waals surface area contributed by atoms with Crippen LogP contribution in [-0.4, -0.2) is 32.4 Å². The van der Waals surface area contributed by atoms with Crippen molar-refractivity contribution in [3.05, 3.63) is 77.7 Å². The molecule has 1 aliphatic heterocycles. The number of hydrogen-bond donors (Lipinski definition) is 0. The maximum atomic E-state index is 13.2. The van der Waals surface area contributed by atoms with Gasteiger partial charge in [0.2, 0.25) is 10.0 Å². The Morgan fingerprint density at radius 3 is 2.35 bits per heavy atom. The van der Waals surface area contributed by atoms with Crippen molar-refractivity contribution in [2.45, 2.75) is 31.2 Å². The molecular formula is C21H24NO3S-. The van der Waals surface area contributed by atoms with Crippen molar-refractivity contribution < 1.29 is 13.2 Å². The molecule has 0 amide bonds. The Hall–Kier alpha value is -2.24. The minimum atomic E-state index is -3.55. The first-order valence-electron chi connectivity index (χ1n) is 8.63. The molecule has 3 rings (SSSR count). The Labute approximate surface area is 156 Å². The molecule has 138 valence electrons. The van der Waals surface area contributed by atoms with Crippen LogP contribution in [0.3, 0.4) is 0 Å². The first-order valence-corrected chi connectivity index (χ1v) is 10.1. The lowest BCUT2D eigenvalue weighted by Gasteiger charge is -2.40. The van der Waals surface area contributed by atoms with Crippen molar-refractivity contribution in [2.24, 2.45) is 0 Å². The fourth-order valence-corrected chi connectivity index (χ4v) is 4.62. The maximum Gasteiger partial charge on any atom is 0.241 e. The van der Waals surface area contributed by atoms with Gasteiger partial charge in [-0.2, -0.15) is 0 Å². The van der Waals surface area contributed by atoms with E-state index in [1.165, 1.54) is 0 Å². The van der Waals surface area contributed by atoms with Gasteiger partial charge in [-0.1, -0.05) is 36.8 Å². The molecule has 0 aromatic heterocycles. The molecule has 2 aromatic carbocycles. The summed E-state index contributed by atoms with van der Waals surface area (Å²) in [6.45, 7) is 4.35. The maximum absolute atomic E-state index is 13.2. The van der Waals surface area contributed by atoms with Crippen LogP contribution in [0.25, 0.3) is 0 Å². The summed E-state index contributed by atoms with van der Waals surface area (Å²) >= 11 is 0. The van der Waals surface area contributed by atoms with Crippen LogP contribution in [0.15, 0.2) is 65.1 Å². The van der Waals surface area contributed by atoms with E-state index in [2.05, 4.69) is 0 Å². The molecule has 0 N–H and O–H groups in total. The second-order valence-electron chi connectivity index (χ2n) is 6.62. The van der Waals surface area contributed by atoms with Crippen molar-refractivity contribution in [3.63, 3.8) is 0 Å². The van der Waals surface area contributed by atoms with Gasteiger partial charge in [0.15, 0.2) is 0 Å². The molecule has 0 fully saturated rings. The van der Waals surface area contributed by atoms with E-state index in [4.69, 9.17) is 4.74 Å². The lowest BCUT2D eigenvalue weighted by Crippen LogP contribution is -2.44. The summed E-state index contributed by atoms with van der Waals surface area (Å²) < 4.78 is 33.1. The largest absolute Gasteiger partial charge is 0.497 e. The van der Waals surface area contributed by atoms with E-state index in [0.717, 1.165) is 22.4 Å². The van der Waals surface area contributed by atoms with Gasteiger partial charge in [-0.15, -0.1) is 0 Å². The summed E-state index contributed by atoms with van der Waals surface area (Å²) in [4.78, 5) is 0.337. The van der Waals surface area contributed by atoms with E-state index in [9.17, 15) is 8.42 Å². The van der Waals surface area contributed by atoms with Gasteiger partial charge in [0.05, 0.1) is 12.0 Å². The normalized spacial score (nSPS) is 18.1. The highest BCUT2D eigenvalue weighted by molar-refractivity contribution is 7.89. The van der Waals surface area contributed by atoms with E-state index >= 15 is 0 Å². The number of methoxy groups -OCH3 is 1. The van der Waals surface area contributed by atoms with E-state index in [0.29, 0.717) is 17.9 Å². The molecule has 0 aliphatic carbocycles. The molecule has 4 nitrogen and oxygen atoms in total. The lowest BCUT2D eigenvalue weighted by atomic mass is 9.97. The molecule has 0 bridgehead atoms. The second kappa shape index (κ2) is 7.56. The fourth-order valence-electron chi connectivity index (χ4n) is 3.11. The molecule has 0 radical (unpaired) electrons. The monoisotopic (exact) mass is 370 g/mol. The van der Waals surface area contributed by atoms with Crippen molar-refractivity contribution in [1.82, 2.24) is 4.31 Å². The molecule has 5 heteroatoms. The summed E-state index contributed by atoms with van der Waals surface area (Å²) in [5.74, 6) is 0.793. The molecule has 1 unspecified atom stereocenters. The number of rotatable bonds is 5. The average Bonchev–Trinajstić information content (AvgIpc) is 2.62. The molecule has 0 saturated heterocycles. The third-order valence-corrected chi connectivity index (χ3v) is 6.56. The summed E-state index contributed by atoms with van der Waals surface area (Å²) in [7, 11) is -1.92. The first-order chi connectivity index (χ1) is 12.4. The van der Waals surface area contributed by atoms with E-state index in [1.54, 1.807) is 23.5 Å². The quantitative estimate of drug-likeness (QED) is 0.753. The smallest absolute Gasteiger partial charge is 0.241 e. The van der Waals surface area contributed by atoms with Gasteiger partial charge in [-0.3, -0.25) is 0 Å². The Bertz CT molecular complexity index is 884. The Morgan fingerprint density at radius 2 is 1.73 bits per heavy atom. The summed E-state index contributed by atoms with van der Waals surface area (Å²) in [5, 5.41) is 0. The topological polar surface area (TPSA) is 46.6 Å². The Balaban J connectivity index is 1.88. The highest BCUT2D eigenvalue weighted by Crippen LogP contribution is 2.27. The number of hydrogen-bond acceptors (Lipinski definition) is 3. The standard InChI is InChI=1S/C21H24NO3S/c1-16-4-10-21(11-5-16)26(23,24)22-13-12-17(2)14-19(22)15-18-6-8-20(25-3)9-7-18/h4-12,14,19H,13,15H2,1-3H3/q-1. The Morgan fingerprint density at radius 1 is 1.08 bits per heavy atom. The highest BCUT2D eigenvalue weighted by atomic mass is 32.2. The summed E-state index contributed by atoms with van der Waals surface area (Å²) in [6.07, 6.45) is 4.61. The molecule has 1 atom stereocenters. The van der Waals surface area contributed by atoms with Crippen molar-refractivity contribution in [2.75, 3.05) is 13.7 Å². The van der Waals surface area contributed by atoms with Gasteiger partial charge in [0, 0.05) is 0 Å². The molecule has 2 aromatic rings. The first kappa shape index (κ1) is 18.5. The van der Waals surface area contributed by atoms with Crippen LogP contribution in [0.4, 0.5) is 0 Å². The van der Waals surface area contributed by atoms with Crippen LogP contribution in [-0.2, 0) is 16.4 Å². The number of benzene rings is 2. The van der Waals surface area contributed by atoms with Crippen LogP contribution in [0.2, 0.25) is 0 Å². The van der Waals surface area contributed by atoms with Gasteiger partial charge >= 0.3 is 0 Å². The number of nitrogens with zero attached hydrogens (tertiary/aromatic N) is 1. The van der Waals surface area contributed by atoms with Crippen LogP contribution in [0.1, 0.15) is 18.1 Å². The minimum absolute atomic E-state index is 0.209. The predicted molar refractivity (Wildman–Crippen MR) is 104 cm³/mol. The fraction of sp³-hybridized carbons (Fsp3) is 0.286. The molecule has 0 saturated carbocycles. The molecular weight excluding hydrogens is 346 g/mol. The predicted octanol–water partition coefficient (Wildman–Crippen LogP) is 3.77. The third kappa shape index (κ3) is 3.94. The van der Waals surface area contributed by atoms with Crippen molar-refractivity contribution in [3.8, 4) is 5.75 Å². The van der Waals surface area contributed by atoms with E-state index in [-0.39, 0.29) is 6.04 Å². The third-order valence-electron chi connectivity index (χ3n) is 4.65. The zero-order valence-electron chi connectivity index (χ0n) is 15.3. The van der Waals surface area contributed by atoms with Crippen LogP contribution >= 0.6 is 0 Å². The molecule has 26 heavy (non-hydrogen) atoms. The van der Waals surface area contributed by atoms with Crippen molar-refractivity contribution in [1.29, 1.82) is 0 Å². The average molecular weight is 370 g/mol. The Kier molecular flexibility index (Phi) is 5.39. The molecule has 1 aliphatic rings. The van der Waals surface area contributed by atoms with Crippen LogP contribution in [0, 0.1) is 13.3 Å². The van der Waals surface area contributed by atoms with Gasteiger partial charge in [0.1, 0.15) is 5.75 Å². The molecule has 0 spiro atoms. The van der Waals surface area contributed by atoms with Gasteiger partial charge in [-0.25, -0.2) is 30.8 Å². The zero-order valence-corrected chi connectivity index (χ0v) is 16.2. The van der Waals surface area contributed by atoms with Gasteiger partial charge < -0.3 is 4.74 Å². The number of sulfonamides is 1. The van der Waals surface area contributed by atoms with E-state index < -0.39 is 10.0 Å². The van der Waals surface area contributed by atoms with Gasteiger partial charge in [-0.05, 0) is 55.8 Å². The summed E-state index contributed by atoms with van der Waals surface area (Å²) in [5.41, 5.74) is 3.23. The van der Waals surface area contributed by atoms with Crippen LogP contribution < -0.4 is 4.74 Å². The summed E-state index contributed by atoms with van der Waals surface area (Å²) in [6, 6.07) is 14.6. The lowest BCUT2D eigenvalue weighted by molar-refractivity contribution is 0.363. The van der Waals surface area contributed by atoms with Crippen molar-refractivity contribution >= 4 is 10.0 Å². The SMILES string of the molecule is COc1ccc(CC2[CH-]C(C)=CCN2S(=O)(=O)c2ccc(C)cc2)cc1. The van der Waals surface area contributed by atoms with E-state index in [1.807, 2.05) is 62.7 Å². The zero-order chi connectivity index (χ0) is 18.7. The number of ether oxygens (including phenoxy) is 1. The molecule has 1 heterocycles.